The number of benzene rings is 1. The van der Waals surface area contributed by atoms with Gasteiger partial charge in [0.05, 0.1) is 0 Å². The summed E-state index contributed by atoms with van der Waals surface area (Å²) in [4.78, 5) is 2.62. The van der Waals surface area contributed by atoms with Crippen LogP contribution in [-0.4, -0.2) is 30.1 Å². The molecule has 1 fully saturated rings. The molecule has 1 aromatic rings. The van der Waals surface area contributed by atoms with Crippen LogP contribution in [0.3, 0.4) is 0 Å². The third kappa shape index (κ3) is 3.67. The summed E-state index contributed by atoms with van der Waals surface area (Å²) in [5, 5.41) is 3.51. The summed E-state index contributed by atoms with van der Waals surface area (Å²) in [5.41, 5.74) is 6.30. The molecule has 0 radical (unpaired) electrons. The lowest BCUT2D eigenvalue weighted by Gasteiger charge is -2.43. The maximum atomic E-state index is 3.51. The van der Waals surface area contributed by atoms with Crippen LogP contribution in [0.25, 0.3) is 0 Å². The average Bonchev–Trinajstić information content (AvgIpc) is 2.33. The molecule has 0 saturated carbocycles. The molecule has 21 heavy (non-hydrogen) atoms. The van der Waals surface area contributed by atoms with Crippen LogP contribution >= 0.6 is 0 Å². The summed E-state index contributed by atoms with van der Waals surface area (Å²) in [6.07, 6.45) is 0. The molecule has 118 valence electrons. The lowest BCUT2D eigenvalue weighted by molar-refractivity contribution is 0.0823. The third-order valence-corrected chi connectivity index (χ3v) is 4.88. The Kier molecular flexibility index (Phi) is 4.51. The van der Waals surface area contributed by atoms with Gasteiger partial charge in [-0.05, 0) is 55.4 Å². The van der Waals surface area contributed by atoms with Crippen LogP contribution in [0.2, 0.25) is 0 Å². The lowest BCUT2D eigenvalue weighted by Crippen LogP contribution is -2.57. The predicted octanol–water partition coefficient (Wildman–Crippen LogP) is 3.78. The maximum absolute atomic E-state index is 3.51. The van der Waals surface area contributed by atoms with E-state index in [0.717, 1.165) is 26.2 Å². The second-order valence-corrected chi connectivity index (χ2v) is 8.25. The van der Waals surface area contributed by atoms with Gasteiger partial charge in [-0.2, -0.15) is 0 Å². The molecule has 1 saturated heterocycles. The highest BCUT2D eigenvalue weighted by Crippen LogP contribution is 2.29. The zero-order valence-electron chi connectivity index (χ0n) is 14.9. The van der Waals surface area contributed by atoms with Crippen molar-refractivity contribution in [3.05, 3.63) is 34.4 Å². The van der Waals surface area contributed by atoms with Crippen molar-refractivity contribution in [2.75, 3.05) is 19.6 Å². The summed E-state index contributed by atoms with van der Waals surface area (Å²) < 4.78 is 0. The van der Waals surface area contributed by atoms with Crippen molar-refractivity contribution in [1.82, 2.24) is 10.2 Å². The van der Waals surface area contributed by atoms with Gasteiger partial charge < -0.3 is 5.32 Å². The standard InChI is InChI=1S/C19H32N2/c1-14-10-16(18(3,4)5)11-15(2)17(14)12-21-9-8-20-13-19(21,6)7/h10-11,20H,8-9,12-13H2,1-7H3. The molecule has 0 aliphatic carbocycles. The highest BCUT2D eigenvalue weighted by molar-refractivity contribution is 5.40. The summed E-state index contributed by atoms with van der Waals surface area (Å²) in [6, 6.07) is 4.77. The van der Waals surface area contributed by atoms with Crippen LogP contribution in [0.1, 0.15) is 56.9 Å². The first-order chi connectivity index (χ1) is 9.61. The van der Waals surface area contributed by atoms with Crippen LogP contribution in [-0.2, 0) is 12.0 Å². The van der Waals surface area contributed by atoms with Gasteiger partial charge in [-0.1, -0.05) is 32.9 Å². The van der Waals surface area contributed by atoms with Gasteiger partial charge in [0.25, 0.3) is 0 Å². The molecule has 1 aromatic carbocycles. The number of hydrogen-bond acceptors (Lipinski definition) is 2. The fraction of sp³-hybridized carbons (Fsp3) is 0.684. The molecule has 0 amide bonds. The molecular formula is C19H32N2. The highest BCUT2D eigenvalue weighted by atomic mass is 15.2. The van der Waals surface area contributed by atoms with Crippen molar-refractivity contribution in [2.45, 2.75) is 66.0 Å². The van der Waals surface area contributed by atoms with Gasteiger partial charge >= 0.3 is 0 Å². The van der Waals surface area contributed by atoms with Crippen molar-refractivity contribution < 1.29 is 0 Å². The van der Waals surface area contributed by atoms with Crippen LogP contribution in [0, 0.1) is 13.8 Å². The van der Waals surface area contributed by atoms with Gasteiger partial charge in [-0.25, -0.2) is 0 Å². The Balaban J connectivity index is 2.29. The number of nitrogens with one attached hydrogen (secondary N) is 1. The molecule has 1 heterocycles. The van der Waals surface area contributed by atoms with Gasteiger partial charge in [0.15, 0.2) is 0 Å². The van der Waals surface area contributed by atoms with Gasteiger partial charge in [-0.3, -0.25) is 4.90 Å². The van der Waals surface area contributed by atoms with E-state index in [1.807, 2.05) is 0 Å². The van der Waals surface area contributed by atoms with E-state index in [2.05, 4.69) is 70.8 Å². The fourth-order valence-corrected chi connectivity index (χ4v) is 3.18. The van der Waals surface area contributed by atoms with Crippen molar-refractivity contribution in [1.29, 1.82) is 0 Å². The Morgan fingerprint density at radius 3 is 2.19 bits per heavy atom. The van der Waals surface area contributed by atoms with Crippen LogP contribution < -0.4 is 5.32 Å². The highest BCUT2D eigenvalue weighted by Gasteiger charge is 2.30. The van der Waals surface area contributed by atoms with Crippen LogP contribution in [0.5, 0.6) is 0 Å². The molecule has 1 aliphatic heterocycles. The molecule has 0 spiro atoms. The number of nitrogens with zero attached hydrogens (tertiary/aromatic N) is 1. The summed E-state index contributed by atoms with van der Waals surface area (Å²) in [7, 11) is 0. The molecule has 2 rings (SSSR count). The molecule has 0 unspecified atom stereocenters. The van der Waals surface area contributed by atoms with E-state index < -0.39 is 0 Å². The monoisotopic (exact) mass is 288 g/mol. The molecule has 0 atom stereocenters. The molecule has 2 heteroatoms. The Hall–Kier alpha value is -0.860. The number of aryl methyl sites for hydroxylation is 2. The molecular weight excluding hydrogens is 256 g/mol. The van der Waals surface area contributed by atoms with Crippen LogP contribution in [0.4, 0.5) is 0 Å². The number of hydrogen-bond donors (Lipinski definition) is 1. The second-order valence-electron chi connectivity index (χ2n) is 8.25. The molecule has 1 N–H and O–H groups in total. The SMILES string of the molecule is Cc1cc(C(C)(C)C)cc(C)c1CN1CCNCC1(C)C. The second kappa shape index (κ2) is 5.73. The molecule has 1 aliphatic rings. The Labute approximate surface area is 130 Å². The molecule has 0 aromatic heterocycles. The van der Waals surface area contributed by atoms with E-state index in [1.165, 1.54) is 22.3 Å². The Morgan fingerprint density at radius 1 is 1.14 bits per heavy atom. The quantitative estimate of drug-likeness (QED) is 0.891. The van der Waals surface area contributed by atoms with Gasteiger partial charge in [0, 0.05) is 31.7 Å². The Morgan fingerprint density at radius 2 is 1.71 bits per heavy atom. The summed E-state index contributed by atoms with van der Waals surface area (Å²) >= 11 is 0. The zero-order valence-corrected chi connectivity index (χ0v) is 14.9. The first kappa shape index (κ1) is 16.5. The molecule has 2 nitrogen and oxygen atoms in total. The van der Waals surface area contributed by atoms with E-state index in [1.54, 1.807) is 0 Å². The largest absolute Gasteiger partial charge is 0.314 e. The van der Waals surface area contributed by atoms with Gasteiger partial charge in [-0.15, -0.1) is 0 Å². The lowest BCUT2D eigenvalue weighted by atomic mass is 9.83. The van der Waals surface area contributed by atoms with Crippen molar-refractivity contribution in [3.8, 4) is 0 Å². The average molecular weight is 288 g/mol. The van der Waals surface area contributed by atoms with Gasteiger partial charge in [0.1, 0.15) is 0 Å². The zero-order chi connectivity index (χ0) is 15.8. The first-order valence-electron chi connectivity index (χ1n) is 8.17. The van der Waals surface area contributed by atoms with E-state index in [0.29, 0.717) is 0 Å². The predicted molar refractivity (Wildman–Crippen MR) is 92.0 cm³/mol. The maximum Gasteiger partial charge on any atom is 0.0281 e. The van der Waals surface area contributed by atoms with Crippen molar-refractivity contribution in [3.63, 3.8) is 0 Å². The van der Waals surface area contributed by atoms with E-state index in [-0.39, 0.29) is 11.0 Å². The minimum Gasteiger partial charge on any atom is -0.314 e. The summed E-state index contributed by atoms with van der Waals surface area (Å²) in [6.45, 7) is 20.5. The van der Waals surface area contributed by atoms with Gasteiger partial charge in [0.2, 0.25) is 0 Å². The van der Waals surface area contributed by atoms with E-state index in [4.69, 9.17) is 0 Å². The number of piperazine rings is 1. The van der Waals surface area contributed by atoms with E-state index in [9.17, 15) is 0 Å². The smallest absolute Gasteiger partial charge is 0.0281 e. The molecule has 0 bridgehead atoms. The topological polar surface area (TPSA) is 15.3 Å². The minimum absolute atomic E-state index is 0.225. The van der Waals surface area contributed by atoms with Crippen molar-refractivity contribution >= 4 is 0 Å². The van der Waals surface area contributed by atoms with E-state index >= 15 is 0 Å². The number of rotatable bonds is 2. The first-order valence-corrected chi connectivity index (χ1v) is 8.17. The Bertz CT molecular complexity index is 486. The normalized spacial score (nSPS) is 19.8. The summed E-state index contributed by atoms with van der Waals surface area (Å²) in [5.74, 6) is 0. The van der Waals surface area contributed by atoms with Crippen molar-refractivity contribution in [2.24, 2.45) is 0 Å². The fourth-order valence-electron chi connectivity index (χ4n) is 3.18. The minimum atomic E-state index is 0.225. The third-order valence-electron chi connectivity index (χ3n) is 4.88. The van der Waals surface area contributed by atoms with Crippen LogP contribution in [0.15, 0.2) is 12.1 Å².